The molecule has 0 saturated carbocycles. The van der Waals surface area contributed by atoms with Gasteiger partial charge in [0.2, 0.25) is 0 Å². The van der Waals surface area contributed by atoms with E-state index in [-0.39, 0.29) is 11.8 Å². The second-order valence-corrected chi connectivity index (χ2v) is 5.11. The molecule has 18 heavy (non-hydrogen) atoms. The molecular formula is C14H16N2O2. The monoisotopic (exact) mass is 244 g/mol. The van der Waals surface area contributed by atoms with Crippen molar-refractivity contribution in [1.29, 1.82) is 5.26 Å². The van der Waals surface area contributed by atoms with Gasteiger partial charge in [-0.2, -0.15) is 5.26 Å². The number of carbonyl (C=O) groups excluding carboxylic acids is 1. The molecule has 1 aliphatic heterocycles. The van der Waals surface area contributed by atoms with Crippen LogP contribution in [-0.4, -0.2) is 34.6 Å². The zero-order valence-electron chi connectivity index (χ0n) is 10.6. The van der Waals surface area contributed by atoms with E-state index in [0.717, 1.165) is 0 Å². The Balaban J connectivity index is 2.09. The van der Waals surface area contributed by atoms with Gasteiger partial charge in [0.25, 0.3) is 5.91 Å². The van der Waals surface area contributed by atoms with E-state index >= 15 is 0 Å². The van der Waals surface area contributed by atoms with Crippen LogP contribution in [0.2, 0.25) is 0 Å². The van der Waals surface area contributed by atoms with E-state index in [1.165, 1.54) is 0 Å². The van der Waals surface area contributed by atoms with Crippen LogP contribution < -0.4 is 0 Å². The molecular weight excluding hydrogens is 228 g/mol. The number of likely N-dealkylation sites (tertiary alicyclic amines) is 1. The van der Waals surface area contributed by atoms with Crippen LogP contribution in [-0.2, 0) is 0 Å². The summed E-state index contributed by atoms with van der Waals surface area (Å²) in [5.74, 6) is 0.00409. The summed E-state index contributed by atoms with van der Waals surface area (Å²) >= 11 is 0. The molecule has 94 valence electrons. The van der Waals surface area contributed by atoms with Gasteiger partial charge in [-0.25, -0.2) is 0 Å². The number of β-amino-alcohol motifs (C(OH)–C–C–N with tert-alkyl or cyclic N) is 1. The van der Waals surface area contributed by atoms with Crippen LogP contribution in [0.5, 0.6) is 0 Å². The largest absolute Gasteiger partial charge is 0.386 e. The van der Waals surface area contributed by atoms with Crippen LogP contribution in [0, 0.1) is 17.2 Å². The zero-order chi connectivity index (χ0) is 13.3. The molecule has 0 unspecified atom stereocenters. The summed E-state index contributed by atoms with van der Waals surface area (Å²) in [6.45, 7) is 4.61. The fourth-order valence-electron chi connectivity index (χ4n) is 2.03. The second kappa shape index (κ2) is 4.43. The summed E-state index contributed by atoms with van der Waals surface area (Å²) < 4.78 is 0. The van der Waals surface area contributed by atoms with E-state index in [0.29, 0.717) is 24.2 Å². The van der Waals surface area contributed by atoms with Crippen molar-refractivity contribution in [2.75, 3.05) is 13.1 Å². The molecule has 0 atom stereocenters. The van der Waals surface area contributed by atoms with Gasteiger partial charge < -0.3 is 10.0 Å². The highest BCUT2D eigenvalue weighted by atomic mass is 16.3. The van der Waals surface area contributed by atoms with E-state index in [2.05, 4.69) is 0 Å². The van der Waals surface area contributed by atoms with Gasteiger partial charge in [-0.3, -0.25) is 4.79 Å². The third kappa shape index (κ3) is 2.09. The molecule has 1 aromatic rings. The number of benzene rings is 1. The highest BCUT2D eigenvalue weighted by Crippen LogP contribution is 2.29. The van der Waals surface area contributed by atoms with Gasteiger partial charge in [0, 0.05) is 5.56 Å². The zero-order valence-corrected chi connectivity index (χ0v) is 10.6. The van der Waals surface area contributed by atoms with E-state index < -0.39 is 5.60 Å². The molecule has 1 aliphatic rings. The lowest BCUT2D eigenvalue weighted by Gasteiger charge is -2.49. The molecule has 1 heterocycles. The van der Waals surface area contributed by atoms with Crippen LogP contribution in [0.15, 0.2) is 24.3 Å². The first kappa shape index (κ1) is 12.6. The first-order valence-corrected chi connectivity index (χ1v) is 5.98. The first-order valence-electron chi connectivity index (χ1n) is 5.98. The molecule has 1 amide bonds. The molecule has 0 radical (unpaired) electrons. The van der Waals surface area contributed by atoms with Crippen molar-refractivity contribution in [3.63, 3.8) is 0 Å². The minimum absolute atomic E-state index is 0.127. The number of hydrogen-bond acceptors (Lipinski definition) is 3. The van der Waals surface area contributed by atoms with Gasteiger partial charge in [0.05, 0.1) is 24.7 Å². The van der Waals surface area contributed by atoms with Crippen molar-refractivity contribution in [3.8, 4) is 6.07 Å². The summed E-state index contributed by atoms with van der Waals surface area (Å²) in [6.07, 6.45) is 0. The number of rotatable bonds is 2. The minimum Gasteiger partial charge on any atom is -0.386 e. The Morgan fingerprint density at radius 2 is 2.17 bits per heavy atom. The lowest BCUT2D eigenvalue weighted by molar-refractivity contribution is -0.110. The fraction of sp³-hybridized carbons (Fsp3) is 0.429. The maximum Gasteiger partial charge on any atom is 0.254 e. The third-order valence-electron chi connectivity index (χ3n) is 3.53. The molecule has 0 aliphatic carbocycles. The molecule has 2 rings (SSSR count). The first-order chi connectivity index (χ1) is 8.46. The summed E-state index contributed by atoms with van der Waals surface area (Å²) in [4.78, 5) is 13.7. The van der Waals surface area contributed by atoms with Gasteiger partial charge in [-0.05, 0) is 24.1 Å². The van der Waals surface area contributed by atoms with E-state index in [1.54, 1.807) is 29.2 Å². The Kier molecular flexibility index (Phi) is 3.10. The van der Waals surface area contributed by atoms with Gasteiger partial charge >= 0.3 is 0 Å². The number of aliphatic hydroxyl groups is 1. The molecule has 1 N–H and O–H groups in total. The predicted octanol–water partition coefficient (Wildman–Crippen LogP) is 1.40. The van der Waals surface area contributed by atoms with Crippen molar-refractivity contribution in [3.05, 3.63) is 35.4 Å². The van der Waals surface area contributed by atoms with E-state index in [9.17, 15) is 9.90 Å². The standard InChI is InChI=1S/C14H16N2O2/c1-10(2)14(18)8-16(9-14)13(17)12-5-3-4-11(6-12)7-15/h3-6,10,18H,8-9H2,1-2H3. The van der Waals surface area contributed by atoms with E-state index in [1.807, 2.05) is 19.9 Å². The Morgan fingerprint density at radius 3 is 2.72 bits per heavy atom. The number of amides is 1. The van der Waals surface area contributed by atoms with Gasteiger partial charge in [0.1, 0.15) is 5.60 Å². The normalized spacial score (nSPS) is 17.2. The summed E-state index contributed by atoms with van der Waals surface area (Å²) in [7, 11) is 0. The topological polar surface area (TPSA) is 64.3 Å². The lowest BCUT2D eigenvalue weighted by Crippen LogP contribution is -2.65. The molecule has 1 saturated heterocycles. The smallest absolute Gasteiger partial charge is 0.254 e. The van der Waals surface area contributed by atoms with Crippen molar-refractivity contribution in [2.24, 2.45) is 5.92 Å². The average Bonchev–Trinajstić information content (AvgIpc) is 2.34. The Labute approximate surface area is 106 Å². The van der Waals surface area contributed by atoms with Crippen molar-refractivity contribution in [2.45, 2.75) is 19.4 Å². The van der Waals surface area contributed by atoms with Gasteiger partial charge in [-0.1, -0.05) is 19.9 Å². The van der Waals surface area contributed by atoms with Crippen LogP contribution in [0.25, 0.3) is 0 Å². The van der Waals surface area contributed by atoms with Crippen molar-refractivity contribution < 1.29 is 9.90 Å². The Morgan fingerprint density at radius 1 is 1.50 bits per heavy atom. The minimum atomic E-state index is -0.761. The van der Waals surface area contributed by atoms with Crippen LogP contribution in [0.3, 0.4) is 0 Å². The molecule has 0 aromatic heterocycles. The summed E-state index contributed by atoms with van der Waals surface area (Å²) in [5, 5.41) is 18.9. The average molecular weight is 244 g/mol. The van der Waals surface area contributed by atoms with Crippen LogP contribution >= 0.6 is 0 Å². The molecule has 0 spiro atoms. The Bertz CT molecular complexity index is 511. The highest BCUT2D eigenvalue weighted by molar-refractivity contribution is 5.95. The lowest BCUT2D eigenvalue weighted by atomic mass is 9.82. The third-order valence-corrected chi connectivity index (χ3v) is 3.53. The predicted molar refractivity (Wildman–Crippen MR) is 66.8 cm³/mol. The number of hydrogen-bond donors (Lipinski definition) is 1. The fourth-order valence-corrected chi connectivity index (χ4v) is 2.03. The molecule has 1 fully saturated rings. The summed E-state index contributed by atoms with van der Waals surface area (Å²) in [5.41, 5.74) is 0.211. The van der Waals surface area contributed by atoms with Gasteiger partial charge in [0.15, 0.2) is 0 Å². The number of nitrogens with zero attached hydrogens (tertiary/aromatic N) is 2. The number of nitriles is 1. The maximum atomic E-state index is 12.1. The molecule has 4 heteroatoms. The summed E-state index contributed by atoms with van der Waals surface area (Å²) in [6, 6.07) is 8.64. The van der Waals surface area contributed by atoms with Gasteiger partial charge in [-0.15, -0.1) is 0 Å². The highest BCUT2D eigenvalue weighted by Gasteiger charge is 2.45. The Hall–Kier alpha value is -1.86. The maximum absolute atomic E-state index is 12.1. The van der Waals surface area contributed by atoms with Crippen molar-refractivity contribution >= 4 is 5.91 Å². The quantitative estimate of drug-likeness (QED) is 0.855. The van der Waals surface area contributed by atoms with Crippen LogP contribution in [0.1, 0.15) is 29.8 Å². The van der Waals surface area contributed by atoms with Crippen molar-refractivity contribution in [1.82, 2.24) is 4.90 Å². The molecule has 0 bridgehead atoms. The second-order valence-electron chi connectivity index (χ2n) is 5.11. The molecule has 1 aromatic carbocycles. The SMILES string of the molecule is CC(C)C1(O)CN(C(=O)c2cccc(C#N)c2)C1. The van der Waals surface area contributed by atoms with E-state index in [4.69, 9.17) is 5.26 Å². The molecule has 4 nitrogen and oxygen atoms in total. The van der Waals surface area contributed by atoms with Crippen LogP contribution in [0.4, 0.5) is 0 Å². The number of carbonyl (C=O) groups is 1.